The smallest absolute Gasteiger partial charge is 2.00 e. The minimum Gasteiger partial charge on any atom is 2.00 e. The summed E-state index contributed by atoms with van der Waals surface area (Å²) in [6.45, 7) is 0. The maximum absolute atomic E-state index is 9.12. The Morgan fingerprint density at radius 2 is 1.40 bits per heavy atom. The van der Waals surface area contributed by atoms with Crippen molar-refractivity contribution in [2.75, 3.05) is 0 Å². The van der Waals surface area contributed by atoms with Gasteiger partial charge in [-0.25, -0.2) is 0 Å². The molecule has 0 aromatic heterocycles. The van der Waals surface area contributed by atoms with Crippen molar-refractivity contribution < 1.29 is 25.3 Å². The third-order valence-corrected chi connectivity index (χ3v) is 0. The predicted molar refractivity (Wildman–Crippen MR) is 11.6 cm³/mol. The Balaban J connectivity index is 0. The molecule has 5 heavy (non-hydrogen) atoms. The van der Waals surface area contributed by atoms with Gasteiger partial charge in [-0.05, 0) is 0 Å². The summed E-state index contributed by atoms with van der Waals surface area (Å²) in [5.74, 6) is 0. The van der Waals surface area contributed by atoms with Gasteiger partial charge in [0.2, 0.25) is 0 Å². The number of hydrogen-bond donors (Lipinski definition) is 0. The van der Waals surface area contributed by atoms with E-state index in [0.29, 0.717) is 0 Å². The molecule has 2 nitrogen and oxygen atoms in total. The van der Waals surface area contributed by atoms with Crippen molar-refractivity contribution in [2.24, 2.45) is 0 Å². The van der Waals surface area contributed by atoms with Gasteiger partial charge in [0.1, 0.15) is 0 Å². The van der Waals surface area contributed by atoms with Gasteiger partial charge in [0.15, 0.2) is 0 Å². The molecule has 0 aliphatic heterocycles. The monoisotopic (exact) mass is 185 g/mol. The van der Waals surface area contributed by atoms with E-state index >= 15 is 0 Å². The molecule has 0 saturated heterocycles. The molecule has 0 rings (SSSR count). The summed E-state index contributed by atoms with van der Waals surface area (Å²) < 4.78 is 18.2. The van der Waals surface area contributed by atoms with Crippen LogP contribution in [0.3, 0.4) is 0 Å². The summed E-state index contributed by atoms with van der Waals surface area (Å²) in [4.78, 5) is 0. The van der Waals surface area contributed by atoms with Crippen LogP contribution >= 0.6 is 0 Å². The van der Waals surface area contributed by atoms with Crippen LogP contribution in [-0.4, -0.2) is 15.3 Å². The van der Waals surface area contributed by atoms with Crippen LogP contribution in [0.4, 0.5) is 0 Å². The second-order valence-corrected chi connectivity index (χ2v) is 2.28. The fraction of sp³-hybridized carbons (Fsp3) is 1.00. The fourth-order valence-electron chi connectivity index (χ4n) is 0. The minimum atomic E-state index is -2.69. The molecule has 0 bridgehead atoms. The molecule has 0 atom stereocenters. The molecule has 35 valence electrons. The molecule has 0 spiro atoms. The molecule has 0 aliphatic carbocycles. The first-order valence-electron chi connectivity index (χ1n) is 0.812. The molecule has 1 radical (unpaired) electrons. The van der Waals surface area contributed by atoms with Gasteiger partial charge in [-0.3, -0.25) is 0 Å². The number of rotatable bonds is 0. The van der Waals surface area contributed by atoms with E-state index in [0.717, 1.165) is 0 Å². The molecular weight excluding hydrogens is 182 g/mol. The zero-order valence-electron chi connectivity index (χ0n) is 2.57. The van der Waals surface area contributed by atoms with Gasteiger partial charge in [-0.15, -0.1) is 0 Å². The summed E-state index contributed by atoms with van der Waals surface area (Å²) in [5.41, 5.74) is 1.20. The van der Waals surface area contributed by atoms with Crippen molar-refractivity contribution in [3.8, 4) is 0 Å². The molecule has 0 N–H and O–H groups in total. The first-order valence-corrected chi connectivity index (χ1v) is 4.22. The molecule has 0 aromatic rings. The van der Waals surface area contributed by atoms with Crippen molar-refractivity contribution in [3.63, 3.8) is 0 Å². The zero-order chi connectivity index (χ0) is 3.58. The number of hydrogen-bond acceptors (Lipinski definition) is 2. The first kappa shape index (κ1) is 9.37. The summed E-state index contributed by atoms with van der Waals surface area (Å²) in [7, 11) is 0. The van der Waals surface area contributed by atoms with Crippen LogP contribution in [0.1, 0.15) is 0 Å². The third-order valence-electron chi connectivity index (χ3n) is 0. The van der Waals surface area contributed by atoms with Crippen molar-refractivity contribution >= 4 is 15.3 Å². The van der Waals surface area contributed by atoms with E-state index in [-0.39, 0.29) is 17.1 Å². The van der Waals surface area contributed by atoms with Crippen molar-refractivity contribution in [2.45, 2.75) is 5.71 Å². The molecule has 0 aliphatic rings. The van der Waals surface area contributed by atoms with Gasteiger partial charge in [0.25, 0.3) is 0 Å². The summed E-state index contributed by atoms with van der Waals surface area (Å²) in [5, 5.41) is 0. The molecule has 0 fully saturated rings. The summed E-state index contributed by atoms with van der Waals surface area (Å²) >= 11 is -2.69. The molecule has 0 saturated carbocycles. The normalized spacial score (nSPS) is 7.20. The van der Waals surface area contributed by atoms with E-state index in [2.05, 4.69) is 0 Å². The van der Waals surface area contributed by atoms with Gasteiger partial charge in [-0.1, -0.05) is 0 Å². The van der Waals surface area contributed by atoms with Crippen LogP contribution < -0.4 is 8.19 Å². The van der Waals surface area contributed by atoms with E-state index < -0.39 is 15.3 Å². The Labute approximate surface area is 46.6 Å². The molecular formula is CH3AsCuO2. The maximum atomic E-state index is 9.12. The van der Waals surface area contributed by atoms with Gasteiger partial charge in [0.05, 0.1) is 0 Å². The van der Waals surface area contributed by atoms with E-state index in [1.807, 2.05) is 0 Å². The molecule has 4 heteroatoms. The van der Waals surface area contributed by atoms with Gasteiger partial charge < -0.3 is 0 Å². The predicted octanol–water partition coefficient (Wildman–Crippen LogP) is -2.18. The van der Waals surface area contributed by atoms with Gasteiger partial charge in [0, 0.05) is 0 Å². The first-order chi connectivity index (χ1) is 1.73. The second-order valence-electron chi connectivity index (χ2n) is 0.440. The summed E-state index contributed by atoms with van der Waals surface area (Å²) in [6, 6.07) is 0. The third kappa shape index (κ3) is 45.1. The largest absolute Gasteiger partial charge is 2.00 e. The van der Waals surface area contributed by atoms with Gasteiger partial charge >= 0.3 is 46.3 Å². The Morgan fingerprint density at radius 1 is 1.40 bits per heavy atom. The topological polar surface area (TPSA) is 46.1 Å². The zero-order valence-corrected chi connectivity index (χ0v) is 5.38. The SMILES string of the molecule is C[As]([O-])[O-].[Cu+2]. The van der Waals surface area contributed by atoms with E-state index in [9.17, 15) is 0 Å². The van der Waals surface area contributed by atoms with E-state index in [1.165, 1.54) is 5.71 Å². The molecule has 0 heterocycles. The average molecular weight is 186 g/mol. The van der Waals surface area contributed by atoms with Crippen molar-refractivity contribution in [3.05, 3.63) is 0 Å². The van der Waals surface area contributed by atoms with Gasteiger partial charge in [-0.2, -0.15) is 0 Å². The van der Waals surface area contributed by atoms with E-state index in [1.54, 1.807) is 0 Å². The second kappa shape index (κ2) is 5.00. The van der Waals surface area contributed by atoms with E-state index in [4.69, 9.17) is 8.19 Å². The average Bonchev–Trinajstić information content (AvgIpc) is 0.811. The van der Waals surface area contributed by atoms with Crippen molar-refractivity contribution in [1.82, 2.24) is 0 Å². The summed E-state index contributed by atoms with van der Waals surface area (Å²) in [6.07, 6.45) is 0. The molecule has 0 unspecified atom stereocenters. The van der Waals surface area contributed by atoms with Crippen LogP contribution in [0.2, 0.25) is 5.71 Å². The minimum absolute atomic E-state index is 0. The van der Waals surface area contributed by atoms with Crippen LogP contribution in [0.25, 0.3) is 0 Å². The molecule has 0 amide bonds. The molecule has 0 aromatic carbocycles. The maximum Gasteiger partial charge on any atom is 2.00 e. The van der Waals surface area contributed by atoms with Crippen molar-refractivity contribution in [1.29, 1.82) is 0 Å². The van der Waals surface area contributed by atoms with Crippen LogP contribution in [0.15, 0.2) is 0 Å². The Morgan fingerprint density at radius 3 is 1.40 bits per heavy atom. The van der Waals surface area contributed by atoms with Crippen LogP contribution in [-0.2, 0) is 17.1 Å². The van der Waals surface area contributed by atoms with Crippen LogP contribution in [0, 0.1) is 0 Å². The quantitative estimate of drug-likeness (QED) is 0.403. The fourth-order valence-corrected chi connectivity index (χ4v) is 0. The van der Waals surface area contributed by atoms with Crippen LogP contribution in [0.5, 0.6) is 0 Å². The Bertz CT molecular complexity index is 14.4. The Hall–Kier alpha value is 0.998. The standard InChI is InChI=1S/CH3AsO2.Cu/c1-2(3)4;/h1H3;/q-2;+2. The Kier molecular flexibility index (Phi) is 9.37.